The SMILES string of the molecule is FCc1cccc(CF)c1-c1cnn(-c2cccc(Oc3ccc4c5ccccc5n(-c5cc(F)ccn5)c4c3)c2)c1. The van der Waals surface area contributed by atoms with Crippen LogP contribution in [0, 0.1) is 5.82 Å². The van der Waals surface area contributed by atoms with Crippen molar-refractivity contribution in [1.82, 2.24) is 19.3 Å². The molecule has 3 aromatic heterocycles. The summed E-state index contributed by atoms with van der Waals surface area (Å²) in [6.07, 6.45) is 4.81. The molecule has 0 atom stereocenters. The van der Waals surface area contributed by atoms with Crippen LogP contribution in [-0.2, 0) is 13.3 Å². The van der Waals surface area contributed by atoms with Crippen LogP contribution in [0.5, 0.6) is 11.5 Å². The van der Waals surface area contributed by atoms with Crippen LogP contribution in [0.15, 0.2) is 116 Å². The molecule has 7 rings (SSSR count). The van der Waals surface area contributed by atoms with Crippen LogP contribution in [0.25, 0.3) is 44.4 Å². The highest BCUT2D eigenvalue weighted by Crippen LogP contribution is 2.35. The Labute approximate surface area is 239 Å². The lowest BCUT2D eigenvalue weighted by Gasteiger charge is -2.10. The van der Waals surface area contributed by atoms with Crippen molar-refractivity contribution >= 4 is 21.8 Å². The van der Waals surface area contributed by atoms with Crippen molar-refractivity contribution in [3.05, 3.63) is 133 Å². The summed E-state index contributed by atoms with van der Waals surface area (Å²) in [5.41, 5.74) is 4.45. The third-order valence-electron chi connectivity index (χ3n) is 7.30. The van der Waals surface area contributed by atoms with Gasteiger partial charge in [-0.3, -0.25) is 4.57 Å². The third kappa shape index (κ3) is 4.47. The number of aromatic nitrogens is 4. The molecule has 0 amide bonds. The quantitative estimate of drug-likeness (QED) is 0.196. The first kappa shape index (κ1) is 25.6. The Morgan fingerprint density at radius 2 is 1.48 bits per heavy atom. The molecule has 0 radical (unpaired) electrons. The van der Waals surface area contributed by atoms with Crippen molar-refractivity contribution in [3.63, 3.8) is 0 Å². The lowest BCUT2D eigenvalue weighted by Crippen LogP contribution is -1.98. The van der Waals surface area contributed by atoms with Crippen molar-refractivity contribution < 1.29 is 17.9 Å². The number of halogens is 3. The number of hydrogen-bond donors (Lipinski definition) is 0. The van der Waals surface area contributed by atoms with Gasteiger partial charge < -0.3 is 4.74 Å². The van der Waals surface area contributed by atoms with Crippen LogP contribution in [-0.4, -0.2) is 19.3 Å². The summed E-state index contributed by atoms with van der Waals surface area (Å²) in [5.74, 6) is 1.26. The summed E-state index contributed by atoms with van der Waals surface area (Å²) >= 11 is 0. The van der Waals surface area contributed by atoms with E-state index in [1.165, 1.54) is 18.3 Å². The molecule has 3 heterocycles. The summed E-state index contributed by atoms with van der Waals surface area (Å²) < 4.78 is 51.4. The molecule has 0 aliphatic heterocycles. The van der Waals surface area contributed by atoms with Crippen LogP contribution in [0.1, 0.15) is 11.1 Å². The van der Waals surface area contributed by atoms with Gasteiger partial charge in [-0.1, -0.05) is 42.5 Å². The average molecular weight is 561 g/mol. The molecule has 4 aromatic carbocycles. The van der Waals surface area contributed by atoms with E-state index in [1.54, 1.807) is 35.3 Å². The van der Waals surface area contributed by atoms with E-state index in [0.29, 0.717) is 39.6 Å². The van der Waals surface area contributed by atoms with E-state index >= 15 is 0 Å². The summed E-state index contributed by atoms with van der Waals surface area (Å²) in [5, 5.41) is 6.46. The predicted molar refractivity (Wildman–Crippen MR) is 157 cm³/mol. The van der Waals surface area contributed by atoms with E-state index in [4.69, 9.17) is 4.74 Å². The van der Waals surface area contributed by atoms with Gasteiger partial charge in [0.2, 0.25) is 0 Å². The summed E-state index contributed by atoms with van der Waals surface area (Å²) in [7, 11) is 0. The minimum Gasteiger partial charge on any atom is -0.457 e. The number of rotatable bonds is 7. The minimum atomic E-state index is -0.698. The molecule has 0 unspecified atom stereocenters. The number of benzene rings is 4. The molecule has 0 saturated carbocycles. The van der Waals surface area contributed by atoms with Crippen molar-refractivity contribution in [2.75, 3.05) is 0 Å². The van der Waals surface area contributed by atoms with Crippen molar-refractivity contribution in [2.24, 2.45) is 0 Å². The molecule has 7 aromatic rings. The number of ether oxygens (including phenoxy) is 1. The summed E-state index contributed by atoms with van der Waals surface area (Å²) in [4.78, 5) is 4.42. The highest BCUT2D eigenvalue weighted by atomic mass is 19.1. The topological polar surface area (TPSA) is 44.9 Å². The van der Waals surface area contributed by atoms with Crippen LogP contribution >= 0.6 is 0 Å². The standard InChI is InChI=1S/C34H23F3N4O/c35-18-22-5-3-6-23(19-36)34(22)24-20-39-40(21-24)26-7-4-8-27(16-26)42-28-11-12-30-29-9-1-2-10-31(29)41(32(30)17-28)33-15-25(37)13-14-38-33/h1-17,20-21H,18-19H2. The van der Waals surface area contributed by atoms with Crippen LogP contribution < -0.4 is 4.74 Å². The van der Waals surface area contributed by atoms with Gasteiger partial charge in [0.05, 0.1) is 22.9 Å². The Balaban J connectivity index is 1.25. The summed E-state index contributed by atoms with van der Waals surface area (Å²) in [6.45, 7) is -1.40. The van der Waals surface area contributed by atoms with Crippen molar-refractivity contribution in [2.45, 2.75) is 13.3 Å². The maximum absolute atomic E-state index is 14.2. The zero-order valence-electron chi connectivity index (χ0n) is 22.2. The molecule has 0 fully saturated rings. The van der Waals surface area contributed by atoms with E-state index in [-0.39, 0.29) is 5.82 Å². The molecule has 0 aliphatic carbocycles. The maximum atomic E-state index is 14.2. The molecule has 0 spiro atoms. The average Bonchev–Trinajstić information content (AvgIpc) is 3.64. The maximum Gasteiger partial charge on any atom is 0.140 e. The number of pyridine rings is 1. The second-order valence-corrected chi connectivity index (χ2v) is 9.86. The Bertz CT molecular complexity index is 2060. The van der Waals surface area contributed by atoms with Gasteiger partial charge in [-0.2, -0.15) is 5.10 Å². The molecular formula is C34H23F3N4O. The summed E-state index contributed by atoms with van der Waals surface area (Å²) in [6, 6.07) is 28.8. The van der Waals surface area contributed by atoms with Gasteiger partial charge in [0.1, 0.15) is 36.5 Å². The number of fused-ring (bicyclic) bond motifs is 3. The van der Waals surface area contributed by atoms with Gasteiger partial charge in [0.15, 0.2) is 0 Å². The van der Waals surface area contributed by atoms with E-state index in [9.17, 15) is 13.2 Å². The molecule has 8 heteroatoms. The monoisotopic (exact) mass is 560 g/mol. The third-order valence-corrected chi connectivity index (χ3v) is 7.30. The normalized spacial score (nSPS) is 11.4. The Morgan fingerprint density at radius 1 is 0.714 bits per heavy atom. The molecule has 5 nitrogen and oxygen atoms in total. The number of alkyl halides is 2. The van der Waals surface area contributed by atoms with Gasteiger partial charge in [-0.05, 0) is 53.1 Å². The lowest BCUT2D eigenvalue weighted by molar-refractivity contribution is 0.476. The first-order chi connectivity index (χ1) is 20.6. The minimum absolute atomic E-state index is 0.369. The highest BCUT2D eigenvalue weighted by Gasteiger charge is 2.16. The lowest BCUT2D eigenvalue weighted by atomic mass is 9.97. The van der Waals surface area contributed by atoms with Gasteiger partial charge >= 0.3 is 0 Å². The van der Waals surface area contributed by atoms with E-state index in [1.807, 2.05) is 71.3 Å². The van der Waals surface area contributed by atoms with Crippen molar-refractivity contribution in [3.8, 4) is 34.1 Å². The second-order valence-electron chi connectivity index (χ2n) is 9.86. The van der Waals surface area contributed by atoms with Gasteiger partial charge in [0, 0.05) is 46.9 Å². The largest absolute Gasteiger partial charge is 0.457 e. The van der Waals surface area contributed by atoms with Gasteiger partial charge in [0.25, 0.3) is 0 Å². The first-order valence-electron chi connectivity index (χ1n) is 13.3. The van der Waals surface area contributed by atoms with E-state index < -0.39 is 13.3 Å². The van der Waals surface area contributed by atoms with Crippen LogP contribution in [0.2, 0.25) is 0 Å². The molecule has 206 valence electrons. The van der Waals surface area contributed by atoms with Crippen molar-refractivity contribution in [1.29, 1.82) is 0 Å². The second kappa shape index (κ2) is 10.6. The molecule has 42 heavy (non-hydrogen) atoms. The van der Waals surface area contributed by atoms with E-state index in [0.717, 1.165) is 27.5 Å². The van der Waals surface area contributed by atoms with Crippen LogP contribution in [0.4, 0.5) is 13.2 Å². The Hall–Kier alpha value is -5.37. The number of hydrogen-bond acceptors (Lipinski definition) is 3. The molecule has 0 aliphatic rings. The molecule has 0 bridgehead atoms. The zero-order chi connectivity index (χ0) is 28.6. The molecular weight excluding hydrogens is 537 g/mol. The Morgan fingerprint density at radius 3 is 2.29 bits per heavy atom. The van der Waals surface area contributed by atoms with Gasteiger partial charge in [-0.25, -0.2) is 22.8 Å². The first-order valence-corrected chi connectivity index (χ1v) is 13.3. The molecule has 0 N–H and O–H groups in total. The molecule has 0 saturated heterocycles. The van der Waals surface area contributed by atoms with Crippen LogP contribution in [0.3, 0.4) is 0 Å². The number of nitrogens with zero attached hydrogens (tertiary/aromatic N) is 4. The smallest absolute Gasteiger partial charge is 0.140 e. The fourth-order valence-electron chi connectivity index (χ4n) is 5.44. The van der Waals surface area contributed by atoms with Gasteiger partial charge in [-0.15, -0.1) is 0 Å². The highest BCUT2D eigenvalue weighted by molar-refractivity contribution is 6.09. The Kier molecular flexibility index (Phi) is 6.43. The number of para-hydroxylation sites is 1. The zero-order valence-corrected chi connectivity index (χ0v) is 22.2. The fourth-order valence-corrected chi connectivity index (χ4v) is 5.44. The predicted octanol–water partition coefficient (Wildman–Crippen LogP) is 8.90. The van der Waals surface area contributed by atoms with E-state index in [2.05, 4.69) is 10.1 Å². The fraction of sp³-hybridized carbons (Fsp3) is 0.0588.